The molecule has 0 spiro atoms. The average Bonchev–Trinajstić information content (AvgIpc) is 2.93. The third-order valence-electron chi connectivity index (χ3n) is 3.59. The zero-order chi connectivity index (χ0) is 15.4. The zero-order valence-corrected chi connectivity index (χ0v) is 13.1. The maximum atomic E-state index is 12.4. The number of nitrogens with zero attached hydrogens (tertiary/aromatic N) is 2. The first-order chi connectivity index (χ1) is 9.97. The van der Waals surface area contributed by atoms with E-state index in [-0.39, 0.29) is 5.91 Å². The highest BCUT2D eigenvalue weighted by molar-refractivity contribution is 7.11. The van der Waals surface area contributed by atoms with Gasteiger partial charge in [0.2, 0.25) is 0 Å². The number of rotatable bonds is 4. The maximum absolute atomic E-state index is 12.4. The Kier molecular flexibility index (Phi) is 5.14. The topological polar surface area (TPSA) is 60.9 Å². The Morgan fingerprint density at radius 2 is 1.95 bits per heavy atom. The summed E-state index contributed by atoms with van der Waals surface area (Å²) in [5, 5.41) is 10.4. The minimum atomic E-state index is -0.985. The number of carboxylic acids is 1. The molecule has 1 N–H and O–H groups in total. The van der Waals surface area contributed by atoms with E-state index in [1.165, 1.54) is 17.4 Å². The first-order valence-corrected chi connectivity index (χ1v) is 7.88. The molecule has 21 heavy (non-hydrogen) atoms. The summed E-state index contributed by atoms with van der Waals surface area (Å²) in [6, 6.07) is 2.26. The van der Waals surface area contributed by atoms with E-state index in [2.05, 4.69) is 18.7 Å². The molecule has 1 aliphatic heterocycles. The van der Waals surface area contributed by atoms with Crippen molar-refractivity contribution in [3.05, 3.63) is 28.0 Å². The molecule has 1 aromatic heterocycles. The Hall–Kier alpha value is -1.66. The van der Waals surface area contributed by atoms with Gasteiger partial charge < -0.3 is 10.0 Å². The molecule has 0 radical (unpaired) electrons. The molecule has 1 amide bonds. The smallest absolute Gasteiger partial charge is 0.328 e. The molecule has 0 aliphatic carbocycles. The predicted octanol–water partition coefficient (Wildman–Crippen LogP) is 2.01. The van der Waals surface area contributed by atoms with Crippen molar-refractivity contribution in [2.24, 2.45) is 0 Å². The highest BCUT2D eigenvalue weighted by Gasteiger charge is 2.23. The van der Waals surface area contributed by atoms with Crippen LogP contribution < -0.4 is 0 Å². The lowest BCUT2D eigenvalue weighted by atomic mass is 10.2. The van der Waals surface area contributed by atoms with Gasteiger partial charge in [-0.05, 0) is 26.0 Å². The van der Waals surface area contributed by atoms with Crippen LogP contribution in [-0.4, -0.2) is 59.0 Å². The second kappa shape index (κ2) is 6.87. The fourth-order valence-corrected chi connectivity index (χ4v) is 3.10. The quantitative estimate of drug-likeness (QED) is 0.864. The molecular weight excluding hydrogens is 288 g/mol. The number of hydrogen-bond acceptors (Lipinski definition) is 4. The monoisotopic (exact) mass is 308 g/mol. The number of carboxylic acid groups (broad SMARTS) is 1. The molecule has 0 unspecified atom stereocenters. The molecule has 114 valence electrons. The van der Waals surface area contributed by atoms with Gasteiger partial charge >= 0.3 is 5.97 Å². The lowest BCUT2D eigenvalue weighted by Crippen LogP contribution is -2.50. The van der Waals surface area contributed by atoms with Crippen molar-refractivity contribution < 1.29 is 14.7 Å². The number of hydrogen-bond donors (Lipinski definition) is 1. The molecule has 1 fully saturated rings. The Morgan fingerprint density at radius 1 is 1.29 bits per heavy atom. The van der Waals surface area contributed by atoms with Crippen molar-refractivity contribution in [2.45, 2.75) is 19.9 Å². The van der Waals surface area contributed by atoms with Gasteiger partial charge in [-0.2, -0.15) is 0 Å². The van der Waals surface area contributed by atoms with Gasteiger partial charge in [-0.1, -0.05) is 0 Å². The van der Waals surface area contributed by atoms with E-state index in [9.17, 15) is 9.59 Å². The van der Waals surface area contributed by atoms with Crippen LogP contribution in [0.2, 0.25) is 0 Å². The van der Waals surface area contributed by atoms with E-state index in [4.69, 9.17) is 5.11 Å². The van der Waals surface area contributed by atoms with Gasteiger partial charge in [-0.3, -0.25) is 9.69 Å². The second-order valence-corrected chi connectivity index (χ2v) is 6.27. The summed E-state index contributed by atoms with van der Waals surface area (Å²) >= 11 is 1.38. The molecule has 0 aromatic carbocycles. The third kappa shape index (κ3) is 4.15. The van der Waals surface area contributed by atoms with E-state index < -0.39 is 5.97 Å². The van der Waals surface area contributed by atoms with Gasteiger partial charge in [-0.15, -0.1) is 11.3 Å². The minimum absolute atomic E-state index is 0.0321. The molecule has 2 heterocycles. The highest BCUT2D eigenvalue weighted by atomic mass is 32.1. The van der Waals surface area contributed by atoms with Gasteiger partial charge in [0.1, 0.15) is 0 Å². The summed E-state index contributed by atoms with van der Waals surface area (Å²) in [6.45, 7) is 7.62. The molecule has 1 saturated heterocycles. The van der Waals surface area contributed by atoms with Crippen molar-refractivity contribution in [3.63, 3.8) is 0 Å². The summed E-state index contributed by atoms with van der Waals surface area (Å²) in [5.74, 6) is -0.953. The van der Waals surface area contributed by atoms with Gasteiger partial charge in [0.15, 0.2) is 0 Å². The van der Waals surface area contributed by atoms with E-state index in [0.29, 0.717) is 11.6 Å². The fourth-order valence-electron chi connectivity index (χ4n) is 2.33. The lowest BCUT2D eigenvalue weighted by Gasteiger charge is -2.36. The molecule has 5 nitrogen and oxygen atoms in total. The van der Waals surface area contributed by atoms with Gasteiger partial charge in [0, 0.05) is 48.6 Å². The zero-order valence-electron chi connectivity index (χ0n) is 12.3. The molecule has 0 saturated carbocycles. The number of piperazine rings is 1. The summed E-state index contributed by atoms with van der Waals surface area (Å²) < 4.78 is 0. The minimum Gasteiger partial charge on any atom is -0.478 e. The number of carbonyl (C=O) groups excluding carboxylic acids is 1. The van der Waals surface area contributed by atoms with Crippen molar-refractivity contribution in [2.75, 3.05) is 26.2 Å². The van der Waals surface area contributed by atoms with Crippen LogP contribution in [0.3, 0.4) is 0 Å². The van der Waals surface area contributed by atoms with E-state index in [1.54, 1.807) is 11.4 Å². The predicted molar refractivity (Wildman–Crippen MR) is 83.6 cm³/mol. The molecular formula is C15H20N2O3S. The number of carbonyl (C=O) groups is 2. The van der Waals surface area contributed by atoms with Crippen LogP contribution in [0.5, 0.6) is 0 Å². The van der Waals surface area contributed by atoms with Crippen LogP contribution in [0.25, 0.3) is 6.08 Å². The third-order valence-corrected chi connectivity index (χ3v) is 4.49. The van der Waals surface area contributed by atoms with Crippen LogP contribution >= 0.6 is 11.3 Å². The van der Waals surface area contributed by atoms with Crippen molar-refractivity contribution in [3.8, 4) is 0 Å². The largest absolute Gasteiger partial charge is 0.478 e. The molecule has 0 atom stereocenters. The van der Waals surface area contributed by atoms with Crippen LogP contribution in [0.15, 0.2) is 17.5 Å². The molecule has 6 heteroatoms. The van der Waals surface area contributed by atoms with E-state index in [0.717, 1.165) is 37.1 Å². The Labute approximate surface area is 128 Å². The number of thiophene rings is 1. The van der Waals surface area contributed by atoms with Crippen LogP contribution in [-0.2, 0) is 4.79 Å². The van der Waals surface area contributed by atoms with Crippen molar-refractivity contribution in [1.82, 2.24) is 9.80 Å². The van der Waals surface area contributed by atoms with Gasteiger partial charge in [0.05, 0.1) is 5.56 Å². The first kappa shape index (κ1) is 15.7. The average molecular weight is 308 g/mol. The van der Waals surface area contributed by atoms with Crippen molar-refractivity contribution in [1.29, 1.82) is 0 Å². The normalized spacial score (nSPS) is 16.8. The lowest BCUT2D eigenvalue weighted by molar-refractivity contribution is -0.131. The van der Waals surface area contributed by atoms with E-state index >= 15 is 0 Å². The summed E-state index contributed by atoms with van der Waals surface area (Å²) in [6.07, 6.45) is 2.60. The number of amides is 1. The van der Waals surface area contributed by atoms with Crippen molar-refractivity contribution >= 4 is 29.3 Å². The van der Waals surface area contributed by atoms with Gasteiger partial charge in [0.25, 0.3) is 5.91 Å². The Morgan fingerprint density at radius 3 is 2.52 bits per heavy atom. The molecule has 1 aromatic rings. The first-order valence-electron chi connectivity index (χ1n) is 7.00. The summed E-state index contributed by atoms with van der Waals surface area (Å²) in [4.78, 5) is 27.9. The van der Waals surface area contributed by atoms with Crippen LogP contribution in [0, 0.1) is 0 Å². The molecule has 2 rings (SSSR count). The van der Waals surface area contributed by atoms with Crippen LogP contribution in [0.4, 0.5) is 0 Å². The highest BCUT2D eigenvalue weighted by Crippen LogP contribution is 2.19. The summed E-state index contributed by atoms with van der Waals surface area (Å²) in [5.41, 5.74) is 0.642. The van der Waals surface area contributed by atoms with Gasteiger partial charge in [-0.25, -0.2) is 4.79 Å². The maximum Gasteiger partial charge on any atom is 0.328 e. The van der Waals surface area contributed by atoms with Crippen LogP contribution in [0.1, 0.15) is 29.1 Å². The Bertz CT molecular complexity index is 543. The summed E-state index contributed by atoms with van der Waals surface area (Å²) in [7, 11) is 0. The van der Waals surface area contributed by atoms with E-state index in [1.807, 2.05) is 4.90 Å². The SMILES string of the molecule is CC(C)N1CCN(C(=O)c2csc(C=CC(=O)O)c2)CC1. The standard InChI is InChI=1S/C15H20N2O3S/c1-11(2)16-5-7-17(8-6-16)15(20)12-9-13(21-10-12)3-4-14(18)19/h3-4,9-11H,5-8H2,1-2H3,(H,18,19). The molecule has 1 aliphatic rings. The number of aliphatic carboxylic acids is 1. The fraction of sp³-hybridized carbons (Fsp3) is 0.467. The second-order valence-electron chi connectivity index (χ2n) is 5.33. The Balaban J connectivity index is 1.96. The molecule has 0 bridgehead atoms.